The molecule has 1 heterocycles. The zero-order valence-electron chi connectivity index (χ0n) is 15.5. The highest BCUT2D eigenvalue weighted by Crippen LogP contribution is 2.20. The molecule has 0 bridgehead atoms. The Balaban J connectivity index is 1.72. The van der Waals surface area contributed by atoms with E-state index in [1.165, 1.54) is 7.11 Å². The summed E-state index contributed by atoms with van der Waals surface area (Å²) < 4.78 is 10.0. The quantitative estimate of drug-likeness (QED) is 0.775. The molecular formula is C19H26N2O5. The molecule has 1 aromatic carbocycles. The molecule has 0 saturated carbocycles. The molecule has 0 aliphatic carbocycles. The number of nitrogens with one attached hydrogen (secondary N) is 1. The summed E-state index contributed by atoms with van der Waals surface area (Å²) >= 11 is 0. The maximum Gasteiger partial charge on any atom is 0.325 e. The Morgan fingerprint density at radius 2 is 1.73 bits per heavy atom. The van der Waals surface area contributed by atoms with Crippen LogP contribution in [-0.2, 0) is 14.3 Å². The first-order chi connectivity index (χ1) is 12.4. The Hall–Kier alpha value is -2.57. The molecular weight excluding hydrogens is 336 g/mol. The third-order valence-electron chi connectivity index (χ3n) is 4.32. The molecule has 142 valence electrons. The first-order valence-corrected chi connectivity index (χ1v) is 8.74. The Labute approximate surface area is 153 Å². The van der Waals surface area contributed by atoms with E-state index in [1.807, 2.05) is 0 Å². The Kier molecular flexibility index (Phi) is 7.00. The molecule has 1 saturated heterocycles. The average molecular weight is 362 g/mol. The van der Waals surface area contributed by atoms with E-state index in [9.17, 15) is 14.4 Å². The number of carbonyl (C=O) groups is 3. The van der Waals surface area contributed by atoms with Gasteiger partial charge in [0, 0.05) is 18.7 Å². The van der Waals surface area contributed by atoms with E-state index in [4.69, 9.17) is 9.47 Å². The van der Waals surface area contributed by atoms with Crippen LogP contribution in [0.4, 0.5) is 0 Å². The molecule has 0 spiro atoms. The number of benzene rings is 1. The fourth-order valence-electron chi connectivity index (χ4n) is 3.15. The summed E-state index contributed by atoms with van der Waals surface area (Å²) in [6.45, 7) is 5.01. The van der Waals surface area contributed by atoms with E-state index in [1.54, 1.807) is 29.2 Å². The maximum absolute atomic E-state index is 12.2. The summed E-state index contributed by atoms with van der Waals surface area (Å²) in [6, 6.07) is 6.52. The van der Waals surface area contributed by atoms with Gasteiger partial charge < -0.3 is 19.7 Å². The molecule has 2 rings (SSSR count). The van der Waals surface area contributed by atoms with Crippen LogP contribution in [0.1, 0.15) is 30.6 Å². The monoisotopic (exact) mass is 362 g/mol. The first-order valence-electron chi connectivity index (χ1n) is 8.74. The van der Waals surface area contributed by atoms with Crippen LogP contribution in [0.5, 0.6) is 5.75 Å². The van der Waals surface area contributed by atoms with Gasteiger partial charge in [0.15, 0.2) is 6.61 Å². The van der Waals surface area contributed by atoms with E-state index in [2.05, 4.69) is 19.2 Å². The van der Waals surface area contributed by atoms with E-state index in [0.29, 0.717) is 36.2 Å². The van der Waals surface area contributed by atoms with Gasteiger partial charge in [0.1, 0.15) is 12.3 Å². The number of piperidine rings is 1. The van der Waals surface area contributed by atoms with E-state index >= 15 is 0 Å². The Bertz CT molecular complexity index is 634. The molecule has 0 aromatic heterocycles. The number of amides is 2. The molecule has 0 radical (unpaired) electrons. The van der Waals surface area contributed by atoms with Crippen LogP contribution in [0.25, 0.3) is 0 Å². The summed E-state index contributed by atoms with van der Waals surface area (Å²) in [7, 11) is 1.54. The van der Waals surface area contributed by atoms with Gasteiger partial charge in [0.2, 0.25) is 0 Å². The van der Waals surface area contributed by atoms with Gasteiger partial charge in [-0.2, -0.15) is 0 Å². The summed E-state index contributed by atoms with van der Waals surface area (Å²) in [6.07, 6.45) is 1.10. The lowest BCUT2D eigenvalue weighted by atomic mass is 9.92. The number of esters is 1. The lowest BCUT2D eigenvalue weighted by Gasteiger charge is -2.34. The molecule has 7 heteroatoms. The highest BCUT2D eigenvalue weighted by molar-refractivity contribution is 5.96. The molecule has 1 fully saturated rings. The fourth-order valence-corrected chi connectivity index (χ4v) is 3.15. The molecule has 1 N–H and O–H groups in total. The Morgan fingerprint density at radius 3 is 2.31 bits per heavy atom. The third kappa shape index (κ3) is 5.75. The molecule has 2 atom stereocenters. The summed E-state index contributed by atoms with van der Waals surface area (Å²) in [5.74, 6) is 0.302. The predicted octanol–water partition coefficient (Wildman–Crippen LogP) is 1.47. The van der Waals surface area contributed by atoms with Crippen LogP contribution < -0.4 is 10.1 Å². The molecule has 1 aliphatic heterocycles. The van der Waals surface area contributed by atoms with E-state index < -0.39 is 11.9 Å². The van der Waals surface area contributed by atoms with Crippen molar-refractivity contribution in [3.63, 3.8) is 0 Å². The number of carbonyl (C=O) groups excluding carboxylic acids is 3. The first kappa shape index (κ1) is 19.8. The summed E-state index contributed by atoms with van der Waals surface area (Å²) in [4.78, 5) is 37.6. The Morgan fingerprint density at radius 1 is 1.12 bits per heavy atom. The van der Waals surface area contributed by atoms with Gasteiger partial charge in [0.05, 0.1) is 7.11 Å². The fraction of sp³-hybridized carbons (Fsp3) is 0.526. The second-order valence-electron chi connectivity index (χ2n) is 6.82. The average Bonchev–Trinajstić information content (AvgIpc) is 2.63. The third-order valence-corrected chi connectivity index (χ3v) is 4.32. The van der Waals surface area contributed by atoms with Crippen molar-refractivity contribution in [1.29, 1.82) is 0 Å². The number of hydrogen-bond acceptors (Lipinski definition) is 5. The van der Waals surface area contributed by atoms with Gasteiger partial charge in [-0.15, -0.1) is 0 Å². The highest BCUT2D eigenvalue weighted by Gasteiger charge is 2.25. The van der Waals surface area contributed by atoms with Gasteiger partial charge in [-0.3, -0.25) is 14.4 Å². The van der Waals surface area contributed by atoms with Crippen molar-refractivity contribution in [3.8, 4) is 5.75 Å². The second kappa shape index (κ2) is 9.22. The zero-order valence-corrected chi connectivity index (χ0v) is 15.5. The van der Waals surface area contributed by atoms with Crippen molar-refractivity contribution in [2.45, 2.75) is 20.3 Å². The predicted molar refractivity (Wildman–Crippen MR) is 95.8 cm³/mol. The highest BCUT2D eigenvalue weighted by atomic mass is 16.5. The van der Waals surface area contributed by atoms with Crippen molar-refractivity contribution in [1.82, 2.24) is 10.2 Å². The molecule has 26 heavy (non-hydrogen) atoms. The number of nitrogens with zero attached hydrogens (tertiary/aromatic N) is 1. The second-order valence-corrected chi connectivity index (χ2v) is 6.82. The van der Waals surface area contributed by atoms with Crippen molar-refractivity contribution >= 4 is 17.8 Å². The number of hydrogen-bond donors (Lipinski definition) is 1. The number of ether oxygens (including phenoxy) is 2. The van der Waals surface area contributed by atoms with Crippen LogP contribution in [0.3, 0.4) is 0 Å². The minimum atomic E-state index is -0.640. The summed E-state index contributed by atoms with van der Waals surface area (Å²) in [5, 5.41) is 2.47. The molecule has 0 unspecified atom stereocenters. The summed E-state index contributed by atoms with van der Waals surface area (Å²) in [5.41, 5.74) is 0.408. The van der Waals surface area contributed by atoms with Gasteiger partial charge in [-0.25, -0.2) is 0 Å². The number of rotatable bonds is 6. The number of methoxy groups -OCH3 is 1. The maximum atomic E-state index is 12.2. The molecule has 1 aliphatic rings. The minimum Gasteiger partial charge on any atom is -0.497 e. The SMILES string of the molecule is COc1ccc(C(=O)NCC(=O)OCC(=O)N2C[C@H](C)C[C@H](C)C2)cc1. The van der Waals surface area contributed by atoms with E-state index in [-0.39, 0.29) is 19.1 Å². The van der Waals surface area contributed by atoms with Crippen LogP contribution >= 0.6 is 0 Å². The minimum absolute atomic E-state index is 0.196. The van der Waals surface area contributed by atoms with Gasteiger partial charge in [-0.05, 0) is 42.5 Å². The molecule has 7 nitrogen and oxygen atoms in total. The normalized spacial score (nSPS) is 19.6. The van der Waals surface area contributed by atoms with Crippen molar-refractivity contribution in [2.75, 3.05) is 33.4 Å². The lowest BCUT2D eigenvalue weighted by molar-refractivity contribution is -0.152. The molecule has 2 amide bonds. The van der Waals surface area contributed by atoms with Gasteiger partial charge in [0.25, 0.3) is 11.8 Å². The van der Waals surface area contributed by atoms with Gasteiger partial charge in [-0.1, -0.05) is 13.8 Å². The van der Waals surface area contributed by atoms with Gasteiger partial charge >= 0.3 is 5.97 Å². The van der Waals surface area contributed by atoms with Crippen molar-refractivity contribution in [3.05, 3.63) is 29.8 Å². The number of likely N-dealkylation sites (tertiary alicyclic amines) is 1. The van der Waals surface area contributed by atoms with Crippen LogP contribution in [0.15, 0.2) is 24.3 Å². The topological polar surface area (TPSA) is 84.9 Å². The van der Waals surface area contributed by atoms with Crippen molar-refractivity contribution in [2.24, 2.45) is 11.8 Å². The van der Waals surface area contributed by atoms with Crippen LogP contribution in [0, 0.1) is 11.8 Å². The van der Waals surface area contributed by atoms with Crippen LogP contribution in [-0.4, -0.2) is 56.0 Å². The van der Waals surface area contributed by atoms with E-state index in [0.717, 1.165) is 6.42 Å². The molecule has 1 aromatic rings. The largest absolute Gasteiger partial charge is 0.497 e. The zero-order chi connectivity index (χ0) is 19.1. The van der Waals surface area contributed by atoms with Crippen molar-refractivity contribution < 1.29 is 23.9 Å². The van der Waals surface area contributed by atoms with Crippen LogP contribution in [0.2, 0.25) is 0 Å². The lowest BCUT2D eigenvalue weighted by Crippen LogP contribution is -2.44. The smallest absolute Gasteiger partial charge is 0.325 e. The standard InChI is InChI=1S/C19H26N2O5/c1-13-8-14(2)11-21(10-13)17(22)12-26-18(23)9-20-19(24)15-4-6-16(25-3)7-5-15/h4-7,13-14H,8-12H2,1-3H3,(H,20,24)/t13-,14+.